The number of hydrogen-bond donors (Lipinski definition) is 1. The van der Waals surface area contributed by atoms with Crippen molar-refractivity contribution in [2.75, 3.05) is 18.0 Å². The third-order valence-electron chi connectivity index (χ3n) is 4.60. The van der Waals surface area contributed by atoms with Gasteiger partial charge in [0.1, 0.15) is 5.82 Å². The van der Waals surface area contributed by atoms with Crippen LogP contribution in [0.1, 0.15) is 38.2 Å². The third kappa shape index (κ3) is 1.72. The summed E-state index contributed by atoms with van der Waals surface area (Å²) in [5, 5.41) is 0. The van der Waals surface area contributed by atoms with Crippen molar-refractivity contribution < 1.29 is 4.39 Å². The molecular formula is C15H21FN2. The lowest BCUT2D eigenvalue weighted by Crippen LogP contribution is -2.34. The minimum Gasteiger partial charge on any atom is -0.371 e. The van der Waals surface area contributed by atoms with E-state index in [-0.39, 0.29) is 17.3 Å². The second-order valence-electron chi connectivity index (χ2n) is 5.77. The number of benzene rings is 1. The molecule has 1 aliphatic carbocycles. The second-order valence-corrected chi connectivity index (χ2v) is 5.77. The first-order valence-corrected chi connectivity index (χ1v) is 6.95. The molecule has 1 unspecified atom stereocenters. The molecule has 1 heterocycles. The zero-order valence-corrected chi connectivity index (χ0v) is 11.0. The molecule has 1 saturated carbocycles. The number of rotatable bonds is 3. The summed E-state index contributed by atoms with van der Waals surface area (Å²) < 4.78 is 14.3. The predicted octanol–water partition coefficient (Wildman–Crippen LogP) is 2.80. The van der Waals surface area contributed by atoms with Gasteiger partial charge in [0.15, 0.2) is 0 Å². The van der Waals surface area contributed by atoms with Crippen LogP contribution in [0, 0.1) is 5.82 Å². The monoisotopic (exact) mass is 248 g/mol. The van der Waals surface area contributed by atoms with Crippen LogP contribution in [-0.4, -0.2) is 19.1 Å². The predicted molar refractivity (Wildman–Crippen MR) is 72.4 cm³/mol. The van der Waals surface area contributed by atoms with Crippen LogP contribution in [0.15, 0.2) is 18.2 Å². The van der Waals surface area contributed by atoms with E-state index in [9.17, 15) is 4.39 Å². The second kappa shape index (κ2) is 4.23. The van der Waals surface area contributed by atoms with Gasteiger partial charge in [0.25, 0.3) is 0 Å². The lowest BCUT2D eigenvalue weighted by Gasteiger charge is -2.28. The first-order valence-electron chi connectivity index (χ1n) is 6.95. The average molecular weight is 248 g/mol. The van der Waals surface area contributed by atoms with Gasteiger partial charge in [-0.1, -0.05) is 6.07 Å². The Labute approximate surface area is 108 Å². The Morgan fingerprint density at radius 1 is 1.28 bits per heavy atom. The van der Waals surface area contributed by atoms with E-state index in [0.29, 0.717) is 0 Å². The molecule has 2 aliphatic rings. The van der Waals surface area contributed by atoms with Gasteiger partial charge >= 0.3 is 0 Å². The standard InChI is InChI=1S/C15H21FN2/c1-11(17)15(7-8-15)14-12(16)5-4-6-13(14)18-9-2-3-10-18/h4-6,11H,2-3,7-10,17H2,1H3. The third-order valence-corrected chi connectivity index (χ3v) is 4.60. The minimum atomic E-state index is -0.108. The van der Waals surface area contributed by atoms with Crippen molar-refractivity contribution in [1.82, 2.24) is 0 Å². The topological polar surface area (TPSA) is 29.3 Å². The van der Waals surface area contributed by atoms with Crippen LogP contribution in [-0.2, 0) is 5.41 Å². The summed E-state index contributed by atoms with van der Waals surface area (Å²) in [6, 6.07) is 5.49. The maximum Gasteiger partial charge on any atom is 0.129 e. The van der Waals surface area contributed by atoms with Crippen molar-refractivity contribution in [1.29, 1.82) is 0 Å². The molecule has 0 amide bonds. The highest BCUT2D eigenvalue weighted by molar-refractivity contribution is 5.60. The largest absolute Gasteiger partial charge is 0.371 e. The van der Waals surface area contributed by atoms with E-state index in [1.807, 2.05) is 13.0 Å². The van der Waals surface area contributed by atoms with E-state index >= 15 is 0 Å². The summed E-state index contributed by atoms with van der Waals surface area (Å²) in [7, 11) is 0. The lowest BCUT2D eigenvalue weighted by molar-refractivity contribution is 0.511. The van der Waals surface area contributed by atoms with Gasteiger partial charge in [0.05, 0.1) is 0 Å². The van der Waals surface area contributed by atoms with Gasteiger partial charge < -0.3 is 10.6 Å². The zero-order chi connectivity index (χ0) is 12.8. The highest BCUT2D eigenvalue weighted by Gasteiger charge is 2.50. The van der Waals surface area contributed by atoms with Gasteiger partial charge in [-0.3, -0.25) is 0 Å². The van der Waals surface area contributed by atoms with Crippen molar-refractivity contribution in [2.45, 2.75) is 44.1 Å². The molecule has 98 valence electrons. The first-order chi connectivity index (χ1) is 8.65. The van der Waals surface area contributed by atoms with Gasteiger partial charge in [-0.05, 0) is 44.7 Å². The van der Waals surface area contributed by atoms with Crippen molar-refractivity contribution in [2.24, 2.45) is 5.73 Å². The summed E-state index contributed by atoms with van der Waals surface area (Å²) in [6.45, 7) is 4.10. The maximum atomic E-state index is 14.3. The Bertz CT molecular complexity index is 446. The molecule has 0 radical (unpaired) electrons. The molecule has 0 bridgehead atoms. The van der Waals surface area contributed by atoms with E-state index in [1.54, 1.807) is 6.07 Å². The van der Waals surface area contributed by atoms with E-state index in [0.717, 1.165) is 37.2 Å². The highest BCUT2D eigenvalue weighted by Crippen LogP contribution is 2.54. The number of hydrogen-bond acceptors (Lipinski definition) is 2. The first kappa shape index (κ1) is 12.0. The van der Waals surface area contributed by atoms with Crippen LogP contribution in [0.2, 0.25) is 0 Å². The van der Waals surface area contributed by atoms with E-state index < -0.39 is 0 Å². The molecule has 1 aliphatic heterocycles. The Morgan fingerprint density at radius 3 is 2.50 bits per heavy atom. The van der Waals surface area contributed by atoms with Gasteiger partial charge in [0, 0.05) is 35.8 Å². The Balaban J connectivity index is 2.07. The Kier molecular flexibility index (Phi) is 2.81. The van der Waals surface area contributed by atoms with E-state index in [4.69, 9.17) is 5.73 Å². The average Bonchev–Trinajstić information content (AvgIpc) is 2.97. The molecule has 0 spiro atoms. The molecule has 2 fully saturated rings. The van der Waals surface area contributed by atoms with Crippen molar-refractivity contribution in [3.8, 4) is 0 Å². The SMILES string of the molecule is CC(N)C1(c2c(F)cccc2N2CCCC2)CC1. The van der Waals surface area contributed by atoms with Crippen LogP contribution in [0.3, 0.4) is 0 Å². The van der Waals surface area contributed by atoms with Gasteiger partial charge in [-0.2, -0.15) is 0 Å². The lowest BCUT2D eigenvalue weighted by atomic mass is 9.87. The summed E-state index contributed by atoms with van der Waals surface area (Å²) in [5.74, 6) is -0.0748. The molecule has 1 aromatic carbocycles. The fourth-order valence-corrected chi connectivity index (χ4v) is 3.29. The minimum absolute atomic E-state index is 0.0238. The number of nitrogens with two attached hydrogens (primary N) is 1. The smallest absolute Gasteiger partial charge is 0.129 e. The van der Waals surface area contributed by atoms with Gasteiger partial charge in [-0.15, -0.1) is 0 Å². The fraction of sp³-hybridized carbons (Fsp3) is 0.600. The molecule has 3 heteroatoms. The normalized spacial score (nSPS) is 23.2. The van der Waals surface area contributed by atoms with Gasteiger partial charge in [-0.25, -0.2) is 4.39 Å². The molecular weight excluding hydrogens is 227 g/mol. The van der Waals surface area contributed by atoms with Crippen LogP contribution in [0.25, 0.3) is 0 Å². The summed E-state index contributed by atoms with van der Waals surface area (Å²) >= 11 is 0. The Hall–Kier alpha value is -1.09. The van der Waals surface area contributed by atoms with Crippen LogP contribution in [0.5, 0.6) is 0 Å². The van der Waals surface area contributed by atoms with E-state index in [2.05, 4.69) is 11.0 Å². The maximum absolute atomic E-state index is 14.3. The number of halogens is 1. The molecule has 2 N–H and O–H groups in total. The molecule has 1 aromatic rings. The molecule has 1 atom stereocenters. The van der Waals surface area contributed by atoms with Crippen molar-refractivity contribution in [3.63, 3.8) is 0 Å². The van der Waals surface area contributed by atoms with Crippen LogP contribution >= 0.6 is 0 Å². The van der Waals surface area contributed by atoms with Crippen molar-refractivity contribution in [3.05, 3.63) is 29.6 Å². The molecule has 2 nitrogen and oxygen atoms in total. The van der Waals surface area contributed by atoms with E-state index in [1.165, 1.54) is 12.8 Å². The fourth-order valence-electron chi connectivity index (χ4n) is 3.29. The summed E-state index contributed by atoms with van der Waals surface area (Å²) in [5.41, 5.74) is 7.97. The van der Waals surface area contributed by atoms with Crippen molar-refractivity contribution >= 4 is 5.69 Å². The Morgan fingerprint density at radius 2 is 1.94 bits per heavy atom. The molecule has 3 rings (SSSR count). The number of anilines is 1. The number of nitrogens with zero attached hydrogens (tertiary/aromatic N) is 1. The van der Waals surface area contributed by atoms with Crippen LogP contribution in [0.4, 0.5) is 10.1 Å². The highest BCUT2D eigenvalue weighted by atomic mass is 19.1. The molecule has 0 aromatic heterocycles. The quantitative estimate of drug-likeness (QED) is 0.891. The van der Waals surface area contributed by atoms with Crippen LogP contribution < -0.4 is 10.6 Å². The van der Waals surface area contributed by atoms with Gasteiger partial charge in [0.2, 0.25) is 0 Å². The molecule has 1 saturated heterocycles. The summed E-state index contributed by atoms with van der Waals surface area (Å²) in [4.78, 5) is 2.32. The molecule has 18 heavy (non-hydrogen) atoms. The zero-order valence-electron chi connectivity index (χ0n) is 11.0. The summed E-state index contributed by atoms with van der Waals surface area (Å²) in [6.07, 6.45) is 4.46.